The van der Waals surface area contributed by atoms with E-state index in [1.807, 2.05) is 35.0 Å². The molecule has 4 nitrogen and oxygen atoms in total. The van der Waals surface area contributed by atoms with Gasteiger partial charge in [0.15, 0.2) is 0 Å². The van der Waals surface area contributed by atoms with Crippen LogP contribution in [0.4, 0.5) is 0 Å². The molecule has 0 saturated heterocycles. The van der Waals surface area contributed by atoms with Crippen molar-refractivity contribution < 1.29 is 4.79 Å². The lowest BCUT2D eigenvalue weighted by molar-refractivity contribution is -0.121. The monoisotopic (exact) mass is 297 g/mol. The zero-order valence-corrected chi connectivity index (χ0v) is 13.0. The Bertz CT molecular complexity index is 659. The fraction of sp³-hybridized carbons (Fsp3) is 0.556. The quantitative estimate of drug-likeness (QED) is 0.943. The van der Waals surface area contributed by atoms with E-state index in [1.165, 1.54) is 25.7 Å². The van der Waals surface area contributed by atoms with Crippen LogP contribution in [0.2, 0.25) is 0 Å². The topological polar surface area (TPSA) is 46.4 Å². The van der Waals surface area contributed by atoms with E-state index in [2.05, 4.69) is 17.2 Å². The van der Waals surface area contributed by atoms with Crippen LogP contribution in [0.15, 0.2) is 30.6 Å². The van der Waals surface area contributed by atoms with Gasteiger partial charge in [0.2, 0.25) is 5.91 Å². The van der Waals surface area contributed by atoms with Gasteiger partial charge in [-0.15, -0.1) is 0 Å². The van der Waals surface area contributed by atoms with Gasteiger partial charge < -0.3 is 9.72 Å². The number of pyridine rings is 1. The maximum absolute atomic E-state index is 12.3. The Kier molecular flexibility index (Phi) is 3.40. The first-order valence-corrected chi connectivity index (χ1v) is 8.41. The number of carbonyl (C=O) groups excluding carboxylic acids is 1. The van der Waals surface area contributed by atoms with Crippen LogP contribution in [0.5, 0.6) is 0 Å². The molecule has 0 aromatic carbocycles. The third-order valence-electron chi connectivity index (χ3n) is 5.58. The number of nitrogens with zero attached hydrogens (tertiary/aromatic N) is 2. The van der Waals surface area contributed by atoms with E-state index < -0.39 is 0 Å². The molecule has 2 heterocycles. The highest BCUT2D eigenvalue weighted by atomic mass is 16.1. The van der Waals surface area contributed by atoms with Crippen LogP contribution in [-0.2, 0) is 11.2 Å². The summed E-state index contributed by atoms with van der Waals surface area (Å²) in [5.41, 5.74) is 1.73. The van der Waals surface area contributed by atoms with Crippen molar-refractivity contribution in [2.75, 3.05) is 0 Å². The number of aromatic nitrogens is 2. The van der Waals surface area contributed by atoms with Crippen LogP contribution >= 0.6 is 0 Å². The highest BCUT2D eigenvalue weighted by molar-refractivity contribution is 5.78. The van der Waals surface area contributed by atoms with Gasteiger partial charge in [0.1, 0.15) is 5.65 Å². The average Bonchev–Trinajstić information content (AvgIpc) is 3.20. The van der Waals surface area contributed by atoms with E-state index in [0.717, 1.165) is 23.2 Å². The van der Waals surface area contributed by atoms with E-state index in [-0.39, 0.29) is 5.91 Å². The van der Waals surface area contributed by atoms with Gasteiger partial charge in [-0.3, -0.25) is 4.79 Å². The smallest absolute Gasteiger partial charge is 0.226 e. The molecule has 2 aliphatic rings. The maximum Gasteiger partial charge on any atom is 0.226 e. The molecule has 2 aliphatic carbocycles. The van der Waals surface area contributed by atoms with Crippen LogP contribution in [0, 0.1) is 17.8 Å². The minimum Gasteiger partial charge on any atom is -0.353 e. The van der Waals surface area contributed by atoms with Gasteiger partial charge in [-0.05, 0) is 56.1 Å². The first kappa shape index (κ1) is 13.8. The van der Waals surface area contributed by atoms with E-state index in [4.69, 9.17) is 0 Å². The largest absolute Gasteiger partial charge is 0.353 e. The standard InChI is InChI=1S/C18H23N3O/c1-12(16-9-13-5-6-14(16)8-13)19-18(22)10-15-11-21-7-3-2-4-17(21)20-15/h2-4,7,11-14,16H,5-6,8-10H2,1H3,(H,19,22). The SMILES string of the molecule is CC(NC(=O)Cc1cn2ccccc2n1)C1CC2CCC1C2. The normalized spacial score (nSPS) is 28.1. The maximum atomic E-state index is 12.3. The summed E-state index contributed by atoms with van der Waals surface area (Å²) in [7, 11) is 0. The second-order valence-corrected chi connectivity index (χ2v) is 7.07. The van der Waals surface area contributed by atoms with Gasteiger partial charge in [0.25, 0.3) is 0 Å². The van der Waals surface area contributed by atoms with Crippen molar-refractivity contribution in [1.29, 1.82) is 0 Å². The van der Waals surface area contributed by atoms with E-state index in [0.29, 0.717) is 18.4 Å². The van der Waals surface area contributed by atoms with Crippen molar-refractivity contribution >= 4 is 11.6 Å². The van der Waals surface area contributed by atoms with Gasteiger partial charge in [0.05, 0.1) is 12.1 Å². The van der Waals surface area contributed by atoms with Crippen molar-refractivity contribution in [3.8, 4) is 0 Å². The Balaban J connectivity index is 1.37. The lowest BCUT2D eigenvalue weighted by atomic mass is 9.84. The summed E-state index contributed by atoms with van der Waals surface area (Å²) < 4.78 is 1.96. The average molecular weight is 297 g/mol. The van der Waals surface area contributed by atoms with E-state index >= 15 is 0 Å². The van der Waals surface area contributed by atoms with Gasteiger partial charge in [-0.25, -0.2) is 4.98 Å². The summed E-state index contributed by atoms with van der Waals surface area (Å²) in [4.78, 5) is 16.8. The van der Waals surface area contributed by atoms with Crippen LogP contribution < -0.4 is 5.32 Å². The lowest BCUT2D eigenvalue weighted by Gasteiger charge is -2.28. The highest BCUT2D eigenvalue weighted by Gasteiger charge is 2.42. The molecule has 4 heteroatoms. The summed E-state index contributed by atoms with van der Waals surface area (Å²) >= 11 is 0. The molecule has 2 fully saturated rings. The molecule has 22 heavy (non-hydrogen) atoms. The first-order valence-electron chi connectivity index (χ1n) is 8.41. The number of fused-ring (bicyclic) bond motifs is 3. The molecular weight excluding hydrogens is 274 g/mol. The number of amides is 1. The molecule has 4 rings (SSSR count). The Morgan fingerprint density at radius 1 is 1.41 bits per heavy atom. The second kappa shape index (κ2) is 5.41. The summed E-state index contributed by atoms with van der Waals surface area (Å²) in [5.74, 6) is 2.55. The third-order valence-corrected chi connectivity index (χ3v) is 5.58. The molecule has 2 saturated carbocycles. The zero-order chi connectivity index (χ0) is 15.1. The van der Waals surface area contributed by atoms with Gasteiger partial charge in [-0.1, -0.05) is 12.5 Å². The van der Waals surface area contributed by atoms with Crippen molar-refractivity contribution in [2.45, 2.75) is 45.1 Å². The van der Waals surface area contributed by atoms with Crippen LogP contribution in [0.3, 0.4) is 0 Å². The number of nitrogens with one attached hydrogen (secondary N) is 1. The number of rotatable bonds is 4. The Hall–Kier alpha value is -1.84. The van der Waals surface area contributed by atoms with E-state index in [9.17, 15) is 4.79 Å². The highest BCUT2D eigenvalue weighted by Crippen LogP contribution is 2.49. The van der Waals surface area contributed by atoms with Crippen molar-refractivity contribution in [3.63, 3.8) is 0 Å². The molecule has 4 atom stereocenters. The van der Waals surface area contributed by atoms with Crippen molar-refractivity contribution in [1.82, 2.24) is 14.7 Å². The first-order chi connectivity index (χ1) is 10.7. The van der Waals surface area contributed by atoms with Crippen LogP contribution in [-0.4, -0.2) is 21.3 Å². The van der Waals surface area contributed by atoms with Gasteiger partial charge in [0, 0.05) is 18.4 Å². The molecular formula is C18H23N3O. The van der Waals surface area contributed by atoms with Crippen molar-refractivity contribution in [3.05, 3.63) is 36.3 Å². The summed E-state index contributed by atoms with van der Waals surface area (Å²) in [5, 5.41) is 3.21. The minimum absolute atomic E-state index is 0.0960. The Labute approximate surface area is 130 Å². The molecule has 2 aromatic heterocycles. The molecule has 116 valence electrons. The molecule has 0 radical (unpaired) electrons. The van der Waals surface area contributed by atoms with Gasteiger partial charge in [-0.2, -0.15) is 0 Å². The van der Waals surface area contributed by atoms with Gasteiger partial charge >= 0.3 is 0 Å². The molecule has 4 unspecified atom stereocenters. The second-order valence-electron chi connectivity index (χ2n) is 7.07. The Morgan fingerprint density at radius 3 is 3.05 bits per heavy atom. The Morgan fingerprint density at radius 2 is 2.32 bits per heavy atom. The number of hydrogen-bond acceptors (Lipinski definition) is 2. The predicted octanol–water partition coefficient (Wildman–Crippen LogP) is 2.82. The third kappa shape index (κ3) is 2.51. The number of imidazole rings is 1. The van der Waals surface area contributed by atoms with Crippen molar-refractivity contribution in [2.24, 2.45) is 17.8 Å². The molecule has 0 aliphatic heterocycles. The van der Waals surface area contributed by atoms with Crippen LogP contribution in [0.1, 0.15) is 38.3 Å². The minimum atomic E-state index is 0.0960. The van der Waals surface area contributed by atoms with E-state index in [1.54, 1.807) is 0 Å². The summed E-state index contributed by atoms with van der Waals surface area (Å²) in [6.07, 6.45) is 9.73. The molecule has 0 spiro atoms. The molecule has 2 aromatic rings. The lowest BCUT2D eigenvalue weighted by Crippen LogP contribution is -2.40. The van der Waals surface area contributed by atoms with Crippen LogP contribution in [0.25, 0.3) is 5.65 Å². The molecule has 2 bridgehead atoms. The fourth-order valence-corrected chi connectivity index (χ4v) is 4.56. The number of hydrogen-bond donors (Lipinski definition) is 1. The predicted molar refractivity (Wildman–Crippen MR) is 85.4 cm³/mol. The summed E-state index contributed by atoms with van der Waals surface area (Å²) in [6, 6.07) is 6.18. The fourth-order valence-electron chi connectivity index (χ4n) is 4.56. The molecule has 1 N–H and O–H groups in total. The molecule has 1 amide bonds. The zero-order valence-electron chi connectivity index (χ0n) is 13.0. The number of carbonyl (C=O) groups is 1. The summed E-state index contributed by atoms with van der Waals surface area (Å²) in [6.45, 7) is 2.17.